The molecule has 17 heavy (non-hydrogen) atoms. The second-order valence-electron chi connectivity index (χ2n) is 3.68. The molecule has 0 bridgehead atoms. The first-order valence-electron chi connectivity index (χ1n) is 5.72. The average molecular weight is 248 g/mol. The molecule has 4 heteroatoms. The summed E-state index contributed by atoms with van der Waals surface area (Å²) in [5, 5.41) is 9.96. The van der Waals surface area contributed by atoms with Gasteiger partial charge in [-0.1, -0.05) is 41.7 Å². The molecule has 0 aliphatic carbocycles. The summed E-state index contributed by atoms with van der Waals surface area (Å²) in [6.45, 7) is 3.73. The standard InChI is InChI=1S/C13H16N2OS/c1-2-15(8-9-16)13-14-10-12(17-13)11-6-4-3-5-7-11/h3-7,10,16H,2,8-9H2,1H3. The Hall–Kier alpha value is -1.39. The summed E-state index contributed by atoms with van der Waals surface area (Å²) >= 11 is 1.66. The van der Waals surface area contributed by atoms with Gasteiger partial charge in [-0.15, -0.1) is 0 Å². The molecule has 0 unspecified atom stereocenters. The number of hydrogen-bond acceptors (Lipinski definition) is 4. The van der Waals surface area contributed by atoms with Crippen molar-refractivity contribution in [1.82, 2.24) is 4.98 Å². The molecule has 0 atom stereocenters. The number of nitrogens with zero attached hydrogens (tertiary/aromatic N) is 2. The summed E-state index contributed by atoms with van der Waals surface area (Å²) in [5.74, 6) is 0. The minimum Gasteiger partial charge on any atom is -0.395 e. The number of hydrogen-bond donors (Lipinski definition) is 1. The van der Waals surface area contributed by atoms with E-state index >= 15 is 0 Å². The number of anilines is 1. The van der Waals surface area contributed by atoms with Crippen molar-refractivity contribution >= 4 is 16.5 Å². The molecular formula is C13H16N2OS. The van der Waals surface area contributed by atoms with Crippen molar-refractivity contribution in [2.75, 3.05) is 24.6 Å². The molecule has 0 fully saturated rings. The van der Waals surface area contributed by atoms with Crippen LogP contribution in [0.3, 0.4) is 0 Å². The van der Waals surface area contributed by atoms with Gasteiger partial charge in [0.05, 0.1) is 11.5 Å². The van der Waals surface area contributed by atoms with E-state index in [0.717, 1.165) is 16.6 Å². The Kier molecular flexibility index (Phi) is 4.12. The molecule has 1 aromatic carbocycles. The predicted octanol–water partition coefficient (Wildman–Crippen LogP) is 2.63. The number of aliphatic hydroxyl groups is 1. The van der Waals surface area contributed by atoms with E-state index in [0.29, 0.717) is 6.54 Å². The highest BCUT2D eigenvalue weighted by Crippen LogP contribution is 2.30. The second kappa shape index (κ2) is 5.80. The van der Waals surface area contributed by atoms with E-state index in [2.05, 4.69) is 28.9 Å². The van der Waals surface area contributed by atoms with E-state index in [1.165, 1.54) is 5.56 Å². The Morgan fingerprint density at radius 2 is 2.06 bits per heavy atom. The van der Waals surface area contributed by atoms with Gasteiger partial charge < -0.3 is 10.0 Å². The molecule has 1 N–H and O–H groups in total. The summed E-state index contributed by atoms with van der Waals surface area (Å²) in [7, 11) is 0. The molecule has 0 amide bonds. The van der Waals surface area contributed by atoms with Crippen LogP contribution in [-0.2, 0) is 0 Å². The summed E-state index contributed by atoms with van der Waals surface area (Å²) in [5.41, 5.74) is 1.19. The number of thiazole rings is 1. The molecule has 0 saturated heterocycles. The molecule has 1 aromatic heterocycles. The molecule has 0 saturated carbocycles. The van der Waals surface area contributed by atoms with Crippen LogP contribution in [0.4, 0.5) is 5.13 Å². The first kappa shape index (κ1) is 12.1. The summed E-state index contributed by atoms with van der Waals surface area (Å²) in [4.78, 5) is 7.66. The van der Waals surface area contributed by atoms with Crippen LogP contribution in [0.1, 0.15) is 6.92 Å². The lowest BCUT2D eigenvalue weighted by Crippen LogP contribution is -2.25. The Morgan fingerprint density at radius 1 is 1.29 bits per heavy atom. The maximum Gasteiger partial charge on any atom is 0.185 e. The number of aromatic nitrogens is 1. The Balaban J connectivity index is 2.21. The topological polar surface area (TPSA) is 36.4 Å². The summed E-state index contributed by atoms with van der Waals surface area (Å²) < 4.78 is 0. The average Bonchev–Trinajstić information content (AvgIpc) is 2.86. The van der Waals surface area contributed by atoms with Crippen molar-refractivity contribution in [1.29, 1.82) is 0 Å². The highest BCUT2D eigenvalue weighted by molar-refractivity contribution is 7.18. The normalized spacial score (nSPS) is 10.5. The first-order valence-corrected chi connectivity index (χ1v) is 6.54. The number of aliphatic hydroxyl groups excluding tert-OH is 1. The van der Waals surface area contributed by atoms with Gasteiger partial charge >= 0.3 is 0 Å². The SMILES string of the molecule is CCN(CCO)c1ncc(-c2ccccc2)s1. The molecule has 0 aliphatic rings. The van der Waals surface area contributed by atoms with Gasteiger partial charge in [-0.2, -0.15) is 0 Å². The third-order valence-electron chi connectivity index (χ3n) is 2.57. The van der Waals surface area contributed by atoms with Gasteiger partial charge in [-0.05, 0) is 12.5 Å². The Labute approximate surface area is 105 Å². The largest absolute Gasteiger partial charge is 0.395 e. The second-order valence-corrected chi connectivity index (χ2v) is 4.69. The molecule has 2 rings (SSSR count). The fourth-order valence-electron chi connectivity index (χ4n) is 1.66. The monoisotopic (exact) mass is 248 g/mol. The zero-order chi connectivity index (χ0) is 12.1. The van der Waals surface area contributed by atoms with E-state index in [-0.39, 0.29) is 6.61 Å². The minimum absolute atomic E-state index is 0.161. The Morgan fingerprint density at radius 3 is 2.71 bits per heavy atom. The fourth-order valence-corrected chi connectivity index (χ4v) is 2.67. The lowest BCUT2D eigenvalue weighted by molar-refractivity contribution is 0.302. The van der Waals surface area contributed by atoms with Crippen LogP contribution < -0.4 is 4.90 Å². The van der Waals surface area contributed by atoms with Crippen LogP contribution in [0.2, 0.25) is 0 Å². The van der Waals surface area contributed by atoms with Gasteiger partial charge in [-0.3, -0.25) is 0 Å². The molecule has 0 aliphatic heterocycles. The highest BCUT2D eigenvalue weighted by Gasteiger charge is 2.09. The molecule has 3 nitrogen and oxygen atoms in total. The quantitative estimate of drug-likeness (QED) is 0.883. The summed E-state index contributed by atoms with van der Waals surface area (Å²) in [6.07, 6.45) is 1.90. The van der Waals surface area contributed by atoms with Gasteiger partial charge in [0.15, 0.2) is 5.13 Å². The van der Waals surface area contributed by atoms with E-state index in [1.807, 2.05) is 24.4 Å². The van der Waals surface area contributed by atoms with Gasteiger partial charge in [-0.25, -0.2) is 4.98 Å². The van der Waals surface area contributed by atoms with Gasteiger partial charge in [0.25, 0.3) is 0 Å². The van der Waals surface area contributed by atoms with Crippen LogP contribution in [0.15, 0.2) is 36.5 Å². The van der Waals surface area contributed by atoms with Crippen molar-refractivity contribution in [3.8, 4) is 10.4 Å². The molecule has 90 valence electrons. The van der Waals surface area contributed by atoms with Crippen LogP contribution >= 0.6 is 11.3 Å². The first-order chi connectivity index (χ1) is 8.35. The minimum atomic E-state index is 0.161. The third kappa shape index (κ3) is 2.84. The van der Waals surface area contributed by atoms with Gasteiger partial charge in [0.2, 0.25) is 0 Å². The zero-order valence-corrected chi connectivity index (χ0v) is 10.7. The molecule has 2 aromatic rings. The fraction of sp³-hybridized carbons (Fsp3) is 0.308. The molecule has 1 heterocycles. The van der Waals surface area contributed by atoms with E-state index in [4.69, 9.17) is 5.11 Å². The number of rotatable bonds is 5. The summed E-state index contributed by atoms with van der Waals surface area (Å²) in [6, 6.07) is 10.2. The highest BCUT2D eigenvalue weighted by atomic mass is 32.1. The van der Waals surface area contributed by atoms with Crippen molar-refractivity contribution in [2.45, 2.75) is 6.92 Å². The van der Waals surface area contributed by atoms with Gasteiger partial charge in [0, 0.05) is 19.3 Å². The van der Waals surface area contributed by atoms with Gasteiger partial charge in [0.1, 0.15) is 0 Å². The molecule has 0 spiro atoms. The van der Waals surface area contributed by atoms with Crippen molar-refractivity contribution in [3.63, 3.8) is 0 Å². The smallest absolute Gasteiger partial charge is 0.185 e. The lowest BCUT2D eigenvalue weighted by atomic mass is 10.2. The molecule has 0 radical (unpaired) electrons. The van der Waals surface area contributed by atoms with Crippen LogP contribution in [0, 0.1) is 0 Å². The van der Waals surface area contributed by atoms with E-state index in [1.54, 1.807) is 11.3 Å². The Bertz CT molecular complexity index is 455. The van der Waals surface area contributed by atoms with Crippen LogP contribution in [-0.4, -0.2) is 29.8 Å². The van der Waals surface area contributed by atoms with Crippen molar-refractivity contribution < 1.29 is 5.11 Å². The van der Waals surface area contributed by atoms with E-state index in [9.17, 15) is 0 Å². The lowest BCUT2D eigenvalue weighted by Gasteiger charge is -2.17. The zero-order valence-electron chi connectivity index (χ0n) is 9.84. The van der Waals surface area contributed by atoms with Crippen molar-refractivity contribution in [2.24, 2.45) is 0 Å². The third-order valence-corrected chi connectivity index (χ3v) is 3.68. The number of likely N-dealkylation sites (N-methyl/N-ethyl adjacent to an activating group) is 1. The van der Waals surface area contributed by atoms with E-state index < -0.39 is 0 Å². The van der Waals surface area contributed by atoms with Crippen molar-refractivity contribution in [3.05, 3.63) is 36.5 Å². The predicted molar refractivity (Wildman–Crippen MR) is 72.5 cm³/mol. The maximum absolute atomic E-state index is 8.99. The number of benzene rings is 1. The maximum atomic E-state index is 8.99. The van der Waals surface area contributed by atoms with Crippen LogP contribution in [0.5, 0.6) is 0 Å². The van der Waals surface area contributed by atoms with Crippen LogP contribution in [0.25, 0.3) is 10.4 Å². The molecular weight excluding hydrogens is 232 g/mol.